The van der Waals surface area contributed by atoms with Gasteiger partial charge < -0.3 is 278 Å². The van der Waals surface area contributed by atoms with Crippen molar-refractivity contribution >= 4 is 0 Å². The van der Waals surface area contributed by atoms with E-state index in [-0.39, 0.29) is 0 Å². The fraction of sp³-hybridized carbons (Fsp3) is 1.00. The van der Waals surface area contributed by atoms with E-state index < -0.39 is 410 Å². The topological polar surface area (TPSA) is 902 Å². The predicted molar refractivity (Wildman–Crippen MR) is 362 cm³/mol. The van der Waals surface area contributed by atoms with Crippen LogP contribution in [0.15, 0.2) is 0 Å². The third-order valence-electron chi connectivity index (χ3n) is 23.0. The summed E-state index contributed by atoms with van der Waals surface area (Å²) in [4.78, 5) is 0. The summed E-state index contributed by atoms with van der Waals surface area (Å²) in [6.45, 7) is -12.0. The van der Waals surface area contributed by atoms with Crippen LogP contribution in [0, 0.1) is 0 Å². The Morgan fingerprint density at radius 1 is 0.139 bits per heavy atom. The average Bonchev–Trinajstić information content (AvgIpc) is 0.769. The molecule has 11 heterocycles. The largest absolute Gasteiger partial charge is 0.394 e. The molecule has 56 heteroatoms. The Hall–Kier alpha value is -2.24. The van der Waals surface area contributed by atoms with E-state index in [9.17, 15) is 179 Å². The van der Waals surface area contributed by atoms with Gasteiger partial charge in [-0.1, -0.05) is 0 Å². The molecule has 0 aromatic heterocycles. The molecule has 0 spiro atoms. The van der Waals surface area contributed by atoms with Crippen molar-refractivity contribution in [3.05, 3.63) is 0 Å². The Morgan fingerprint density at radius 2 is 0.287 bits per heavy atom. The van der Waals surface area contributed by atoms with Gasteiger partial charge in [-0.15, -0.1) is 0 Å². The molecule has 11 aliphatic heterocycles. The minimum absolute atomic E-state index is 0.887. The maximum atomic E-state index is 12.1. The van der Waals surface area contributed by atoms with Gasteiger partial charge in [0, 0.05) is 0 Å². The van der Waals surface area contributed by atoms with Crippen molar-refractivity contribution in [3.63, 3.8) is 0 Å². The zero-order valence-corrected chi connectivity index (χ0v) is 63.8. The number of ether oxygens (including phenoxy) is 21. The van der Waals surface area contributed by atoms with Gasteiger partial charge in [0.05, 0.1) is 72.7 Å². The molecule has 35 N–H and O–H groups in total. The average molecular weight is 1800 g/mol. The molecule has 0 aromatic rings. The maximum Gasteiger partial charge on any atom is 0.187 e. The quantitative estimate of drug-likeness (QED) is 0.0306. The summed E-state index contributed by atoms with van der Waals surface area (Å²) in [6.07, 6.45) is -114. The third kappa shape index (κ3) is 20.7. The molecule has 56 nitrogen and oxygen atoms in total. The fourth-order valence-corrected chi connectivity index (χ4v) is 15.9. The minimum atomic E-state index is -2.49. The first kappa shape index (κ1) is 100. The summed E-state index contributed by atoms with van der Waals surface area (Å²) < 4.78 is 119. The van der Waals surface area contributed by atoms with E-state index in [1.54, 1.807) is 0 Å². The third-order valence-corrected chi connectivity index (χ3v) is 23.0. The molecule has 11 aliphatic rings. The second-order valence-corrected chi connectivity index (χ2v) is 30.8. The molecule has 0 bridgehead atoms. The molecular formula is C66H112O56. The van der Waals surface area contributed by atoms with Crippen LogP contribution in [-0.2, 0) is 99.5 Å². The summed E-state index contributed by atoms with van der Waals surface area (Å²) in [6, 6.07) is 0. The second-order valence-electron chi connectivity index (χ2n) is 30.8. The van der Waals surface area contributed by atoms with E-state index in [0.29, 0.717) is 0 Å². The van der Waals surface area contributed by atoms with Crippen LogP contribution in [0.25, 0.3) is 0 Å². The van der Waals surface area contributed by atoms with Crippen LogP contribution in [0.2, 0.25) is 0 Å². The number of hydrogen-bond acceptors (Lipinski definition) is 56. The van der Waals surface area contributed by atoms with Gasteiger partial charge >= 0.3 is 0 Å². The summed E-state index contributed by atoms with van der Waals surface area (Å²) in [5, 5.41) is 381. The predicted octanol–water partition coefficient (Wildman–Crippen LogP) is -25.0. The van der Waals surface area contributed by atoms with Gasteiger partial charge in [0.1, 0.15) is 269 Å². The molecular weight excluding hydrogens is 1690 g/mol. The van der Waals surface area contributed by atoms with Crippen LogP contribution >= 0.6 is 0 Å². The van der Waals surface area contributed by atoms with Gasteiger partial charge in [-0.05, 0) is 0 Å². The smallest absolute Gasteiger partial charge is 0.187 e. The van der Waals surface area contributed by atoms with E-state index in [1.807, 2.05) is 0 Å². The first-order chi connectivity index (χ1) is 57.9. The number of rotatable bonds is 31. The Balaban J connectivity index is 0.755. The Labute approximate surface area is 687 Å². The molecule has 0 aliphatic carbocycles. The Bertz CT molecular complexity index is 3100. The zero-order chi connectivity index (χ0) is 89.4. The van der Waals surface area contributed by atoms with Gasteiger partial charge in [0.25, 0.3) is 0 Å². The lowest BCUT2D eigenvalue weighted by atomic mass is 9.95. The maximum absolute atomic E-state index is 12.1. The first-order valence-corrected chi connectivity index (χ1v) is 38.7. The van der Waals surface area contributed by atoms with Crippen LogP contribution in [0.1, 0.15) is 0 Å². The molecule has 11 rings (SSSR count). The van der Waals surface area contributed by atoms with E-state index in [1.165, 1.54) is 0 Å². The van der Waals surface area contributed by atoms with Crippen molar-refractivity contribution in [3.8, 4) is 0 Å². The lowest BCUT2D eigenvalue weighted by Gasteiger charge is -2.50. The molecule has 11 saturated heterocycles. The summed E-state index contributed by atoms with van der Waals surface area (Å²) in [5.74, 6) is 0. The van der Waals surface area contributed by atoms with Crippen molar-refractivity contribution in [2.45, 2.75) is 338 Å². The highest BCUT2D eigenvalue weighted by molar-refractivity contribution is 5.04. The van der Waals surface area contributed by atoms with Crippen molar-refractivity contribution in [2.75, 3.05) is 72.7 Å². The van der Waals surface area contributed by atoms with E-state index >= 15 is 0 Å². The summed E-state index contributed by atoms with van der Waals surface area (Å²) >= 11 is 0. The van der Waals surface area contributed by atoms with Gasteiger partial charge in [-0.3, -0.25) is 0 Å². The number of hydrogen-bond donors (Lipinski definition) is 35. The molecule has 55 atom stereocenters. The van der Waals surface area contributed by atoms with E-state index in [4.69, 9.17) is 99.5 Å². The summed E-state index contributed by atoms with van der Waals surface area (Å²) in [5.41, 5.74) is 0. The van der Waals surface area contributed by atoms with Crippen molar-refractivity contribution in [1.82, 2.24) is 0 Å². The summed E-state index contributed by atoms with van der Waals surface area (Å²) in [7, 11) is 0. The van der Waals surface area contributed by atoms with Crippen LogP contribution in [-0.4, -0.2) is 589 Å². The Kier molecular flexibility index (Phi) is 35.7. The fourth-order valence-electron chi connectivity index (χ4n) is 15.9. The molecule has 1 unspecified atom stereocenters. The van der Waals surface area contributed by atoms with Crippen LogP contribution in [0.5, 0.6) is 0 Å². The standard InChI is InChI=1S/C66H112O56/c67-1-12-23(77)25(79)37(91)58(104-12)115-49-16(5-71)108-62(41(95)29(49)83)118-52-19(8-74)111-64(44(98)32(52)86)119-51-18(7-73)110-61(43(97)31(51)85)117-48-15(4-70)106-57(39(93)28(48)82)102-11-22-55(35(89)46(100)66(113-22)121-54-21(10-76)107-60(40(94)33(54)87)114-47-14(3-69)103-56(101)36(90)27(47)81)122-65-45(99)34(88)53(20(9-75)112-65)120-63-42(96)30(84)50(17(6-72)109-63)116-59-38(92)26(80)24(78)13(2-68)105-59/h12-101H,1-11H2/t12-,13-,14-,15-,16-,17-,18-,19-,20-,21-,22-,23-,24-,25+,26+,27-,28-,29-,30-,31-,32-,33-,34-,35-,36-,37-,38-,39-,40-,41-,42-,43-,44-,45-,46-,47-,48-,49-,50-,51-,52-,53-,54-,55-,56?,57+,58-,59-,60-,61-,62-,63-,64-,65-,66-/m1/s1. The first-order valence-electron chi connectivity index (χ1n) is 38.7. The lowest BCUT2D eigenvalue weighted by Crippen LogP contribution is -2.68. The van der Waals surface area contributed by atoms with E-state index in [0.717, 1.165) is 0 Å². The molecule has 0 saturated carbocycles. The molecule has 0 radical (unpaired) electrons. The number of aliphatic hydroxyl groups is 35. The highest BCUT2D eigenvalue weighted by Crippen LogP contribution is 2.41. The van der Waals surface area contributed by atoms with Crippen LogP contribution < -0.4 is 0 Å². The zero-order valence-electron chi connectivity index (χ0n) is 63.8. The minimum Gasteiger partial charge on any atom is -0.394 e. The van der Waals surface area contributed by atoms with Crippen LogP contribution in [0.3, 0.4) is 0 Å². The van der Waals surface area contributed by atoms with Gasteiger partial charge in [-0.25, -0.2) is 0 Å². The Morgan fingerprint density at radius 3 is 0.492 bits per heavy atom. The SMILES string of the molecule is OC[C@H]1O[C@H](O[C@H]2[C@H](O)[C@@H](O)[C@@H](O[C@H]3[C@H](O)[C@@H](O)[C@@H](O[C@H]4[C@H](O)[C@@H](O)[C@@H](O[C@H]5[C@H](O)[C@@H](O)[C@@H](OC[C@H]6O[C@H](O[C@H]7[C@H](O)[C@@H](O)[C@@H](O[C@H]8[C@H](O)[C@@H](O)C(O)O[C@@H]8CO)O[C@@H]7CO)[C@H](O)[C@@H](O)[C@@H]6O[C@H]6O[C@H](CO)[C@@H](O[C@H]7O[C@H](CO)[C@@H](O[C@H]8O[C@H](CO)[C@@H](O)[C@H](O)[C@H]8O)[C@H](O)[C@H]7O)[C@H](O)[C@H]6O)O[C@@H]5CO)O[C@@H]4CO)O[C@@H]3CO)O[C@@H]2CO)[C@H](O)[C@@H](O)[C@@H]1O. The molecule has 0 aromatic carbocycles. The molecule has 11 fully saturated rings. The molecule has 712 valence electrons. The molecule has 122 heavy (non-hydrogen) atoms. The van der Waals surface area contributed by atoms with Crippen LogP contribution in [0.4, 0.5) is 0 Å². The van der Waals surface area contributed by atoms with Crippen molar-refractivity contribution in [2.24, 2.45) is 0 Å². The molecule has 0 amide bonds. The van der Waals surface area contributed by atoms with Gasteiger partial charge in [-0.2, -0.15) is 0 Å². The normalized spacial score (nSPS) is 53.8. The lowest BCUT2D eigenvalue weighted by molar-refractivity contribution is -0.400. The van der Waals surface area contributed by atoms with E-state index in [2.05, 4.69) is 0 Å². The number of aliphatic hydroxyl groups excluding tert-OH is 35. The highest BCUT2D eigenvalue weighted by atomic mass is 16.8. The van der Waals surface area contributed by atoms with Crippen molar-refractivity contribution < 1.29 is 278 Å². The monoisotopic (exact) mass is 1800 g/mol. The second kappa shape index (κ2) is 43.4. The van der Waals surface area contributed by atoms with Crippen molar-refractivity contribution in [1.29, 1.82) is 0 Å². The van der Waals surface area contributed by atoms with Gasteiger partial charge in [0.2, 0.25) is 0 Å². The highest BCUT2D eigenvalue weighted by Gasteiger charge is 2.62. The van der Waals surface area contributed by atoms with Gasteiger partial charge in [0.15, 0.2) is 69.2 Å².